The topological polar surface area (TPSA) is 42.2 Å². The summed E-state index contributed by atoms with van der Waals surface area (Å²) < 4.78 is 2.03. The Morgan fingerprint density at radius 3 is 3.00 bits per heavy atom. The first-order valence-corrected chi connectivity index (χ1v) is 6.89. The van der Waals surface area contributed by atoms with Crippen LogP contribution in [-0.4, -0.2) is 14.4 Å². The van der Waals surface area contributed by atoms with Crippen LogP contribution in [0.3, 0.4) is 0 Å². The Balaban J connectivity index is 1.63. The minimum atomic E-state index is 0.698. The zero-order chi connectivity index (χ0) is 14.1. The van der Waals surface area contributed by atoms with Gasteiger partial charge in [0.05, 0.1) is 12.2 Å². The van der Waals surface area contributed by atoms with E-state index in [1.807, 2.05) is 53.3 Å². The van der Waals surface area contributed by atoms with Gasteiger partial charge in [0.1, 0.15) is 5.65 Å². The highest BCUT2D eigenvalue weighted by Crippen LogP contribution is 2.22. The average Bonchev–Trinajstić information content (AvgIpc) is 2.96. The van der Waals surface area contributed by atoms with Gasteiger partial charge in [-0.3, -0.25) is 4.98 Å². The second-order valence-corrected chi connectivity index (χ2v) is 4.95. The summed E-state index contributed by atoms with van der Waals surface area (Å²) >= 11 is 0. The lowest BCUT2D eigenvalue weighted by Crippen LogP contribution is -2.00. The quantitative estimate of drug-likeness (QED) is 0.622. The first-order chi connectivity index (χ1) is 10.4. The third-order valence-corrected chi connectivity index (χ3v) is 3.55. The van der Waals surface area contributed by atoms with E-state index in [0.717, 1.165) is 22.4 Å². The number of nitrogens with zero attached hydrogens (tertiary/aromatic N) is 3. The Morgan fingerprint density at radius 2 is 2.05 bits per heavy atom. The van der Waals surface area contributed by atoms with E-state index in [-0.39, 0.29) is 0 Å². The molecule has 0 saturated heterocycles. The maximum Gasteiger partial charge on any atom is 0.137 e. The van der Waals surface area contributed by atoms with Crippen LogP contribution < -0.4 is 5.32 Å². The number of nitrogens with one attached hydrogen (secondary N) is 1. The van der Waals surface area contributed by atoms with Gasteiger partial charge in [0.2, 0.25) is 0 Å². The predicted molar refractivity (Wildman–Crippen MR) is 84.3 cm³/mol. The monoisotopic (exact) mass is 274 g/mol. The minimum Gasteiger partial charge on any atom is -0.379 e. The number of rotatable bonds is 3. The molecule has 1 aromatic carbocycles. The van der Waals surface area contributed by atoms with Gasteiger partial charge in [0.25, 0.3) is 0 Å². The van der Waals surface area contributed by atoms with Crippen LogP contribution in [0.5, 0.6) is 0 Å². The first-order valence-electron chi connectivity index (χ1n) is 6.89. The van der Waals surface area contributed by atoms with E-state index < -0.39 is 0 Å². The smallest absolute Gasteiger partial charge is 0.137 e. The fraction of sp³-hybridized carbons (Fsp3) is 0.0588. The van der Waals surface area contributed by atoms with Gasteiger partial charge in [-0.25, -0.2) is 4.98 Å². The second kappa shape index (κ2) is 4.90. The molecule has 0 aliphatic heterocycles. The number of fused-ring (bicyclic) bond motifs is 2. The fourth-order valence-corrected chi connectivity index (χ4v) is 2.53. The number of anilines is 1. The molecule has 4 nitrogen and oxygen atoms in total. The van der Waals surface area contributed by atoms with Gasteiger partial charge >= 0.3 is 0 Å². The molecule has 3 aromatic heterocycles. The molecule has 0 aliphatic carbocycles. The summed E-state index contributed by atoms with van der Waals surface area (Å²) in [6.45, 7) is 0.698. The predicted octanol–water partition coefficient (Wildman–Crippen LogP) is 3.49. The fourth-order valence-electron chi connectivity index (χ4n) is 2.53. The Bertz CT molecular complexity index is 872. The molecule has 0 aliphatic rings. The lowest BCUT2D eigenvalue weighted by atomic mass is 10.1. The molecular formula is C17H14N4. The standard InChI is InChI=1S/C17H14N4/c1-2-9-21-12-14(20-17(21)6-1)11-19-16-5-3-4-13-10-18-8-7-15(13)16/h1-10,12,19H,11H2. The number of hydrogen-bond acceptors (Lipinski definition) is 3. The van der Waals surface area contributed by atoms with Crippen molar-refractivity contribution >= 4 is 22.1 Å². The van der Waals surface area contributed by atoms with Crippen molar-refractivity contribution in [2.45, 2.75) is 6.54 Å². The number of imidazole rings is 1. The molecule has 0 spiro atoms. The van der Waals surface area contributed by atoms with Crippen molar-refractivity contribution in [1.29, 1.82) is 0 Å². The molecule has 0 unspecified atom stereocenters. The maximum absolute atomic E-state index is 4.60. The van der Waals surface area contributed by atoms with Crippen molar-refractivity contribution < 1.29 is 0 Å². The molecule has 0 atom stereocenters. The van der Waals surface area contributed by atoms with Crippen LogP contribution in [0, 0.1) is 0 Å². The van der Waals surface area contributed by atoms with Crippen LogP contribution in [0.15, 0.2) is 67.3 Å². The molecule has 0 radical (unpaired) electrons. The summed E-state index contributed by atoms with van der Waals surface area (Å²) in [6.07, 6.45) is 7.76. The molecule has 3 heterocycles. The van der Waals surface area contributed by atoms with Gasteiger partial charge in [-0.1, -0.05) is 18.2 Å². The molecule has 0 fully saturated rings. The highest BCUT2D eigenvalue weighted by Gasteiger charge is 2.03. The maximum atomic E-state index is 4.60. The number of aromatic nitrogens is 3. The van der Waals surface area contributed by atoms with Crippen LogP contribution in [0.2, 0.25) is 0 Å². The van der Waals surface area contributed by atoms with Crippen LogP contribution in [0.1, 0.15) is 5.69 Å². The molecule has 21 heavy (non-hydrogen) atoms. The van der Waals surface area contributed by atoms with Crippen LogP contribution in [0.25, 0.3) is 16.4 Å². The van der Waals surface area contributed by atoms with Crippen molar-refractivity contribution in [3.8, 4) is 0 Å². The van der Waals surface area contributed by atoms with E-state index in [1.54, 1.807) is 0 Å². The lowest BCUT2D eigenvalue weighted by molar-refractivity contribution is 1.08. The number of benzene rings is 1. The summed E-state index contributed by atoms with van der Waals surface area (Å²) in [4.78, 5) is 8.75. The van der Waals surface area contributed by atoms with E-state index in [4.69, 9.17) is 0 Å². The zero-order valence-electron chi connectivity index (χ0n) is 11.4. The van der Waals surface area contributed by atoms with Gasteiger partial charge in [0.15, 0.2) is 0 Å². The summed E-state index contributed by atoms with van der Waals surface area (Å²) in [5.74, 6) is 0. The van der Waals surface area contributed by atoms with Crippen LogP contribution >= 0.6 is 0 Å². The molecule has 0 saturated carbocycles. The van der Waals surface area contributed by atoms with E-state index in [2.05, 4.69) is 33.6 Å². The summed E-state index contributed by atoms with van der Waals surface area (Å²) in [6, 6.07) is 14.2. The summed E-state index contributed by atoms with van der Waals surface area (Å²) in [5, 5.41) is 5.77. The van der Waals surface area contributed by atoms with Gasteiger partial charge in [-0.05, 0) is 24.3 Å². The third-order valence-electron chi connectivity index (χ3n) is 3.55. The van der Waals surface area contributed by atoms with Crippen molar-refractivity contribution in [2.24, 2.45) is 0 Å². The highest BCUT2D eigenvalue weighted by atomic mass is 15.0. The van der Waals surface area contributed by atoms with Crippen molar-refractivity contribution in [1.82, 2.24) is 14.4 Å². The Hall–Kier alpha value is -2.88. The van der Waals surface area contributed by atoms with E-state index in [1.165, 1.54) is 5.39 Å². The van der Waals surface area contributed by atoms with Crippen molar-refractivity contribution in [2.75, 3.05) is 5.32 Å². The SMILES string of the molecule is c1cc(NCc2cn3ccccc3n2)c2ccncc2c1. The van der Waals surface area contributed by atoms with Crippen molar-refractivity contribution in [3.05, 3.63) is 72.9 Å². The average molecular weight is 274 g/mol. The number of hydrogen-bond donors (Lipinski definition) is 1. The zero-order valence-corrected chi connectivity index (χ0v) is 11.4. The van der Waals surface area contributed by atoms with Gasteiger partial charge in [-0.2, -0.15) is 0 Å². The molecule has 0 amide bonds. The molecule has 4 heteroatoms. The van der Waals surface area contributed by atoms with Gasteiger partial charge in [0, 0.05) is 41.2 Å². The van der Waals surface area contributed by atoms with E-state index in [0.29, 0.717) is 6.54 Å². The van der Waals surface area contributed by atoms with E-state index >= 15 is 0 Å². The van der Waals surface area contributed by atoms with Crippen LogP contribution in [0.4, 0.5) is 5.69 Å². The summed E-state index contributed by atoms with van der Waals surface area (Å²) in [5.41, 5.74) is 3.09. The largest absolute Gasteiger partial charge is 0.379 e. The van der Waals surface area contributed by atoms with Gasteiger partial charge in [-0.15, -0.1) is 0 Å². The highest BCUT2D eigenvalue weighted by molar-refractivity contribution is 5.93. The summed E-state index contributed by atoms with van der Waals surface area (Å²) in [7, 11) is 0. The lowest BCUT2D eigenvalue weighted by Gasteiger charge is -2.07. The molecule has 102 valence electrons. The minimum absolute atomic E-state index is 0.698. The Kier molecular flexibility index (Phi) is 2.78. The third kappa shape index (κ3) is 2.21. The normalized spacial score (nSPS) is 11.0. The Labute approximate surface area is 122 Å². The molecule has 4 aromatic rings. The molecule has 0 bridgehead atoms. The first kappa shape index (κ1) is 11.9. The second-order valence-electron chi connectivity index (χ2n) is 4.95. The van der Waals surface area contributed by atoms with Crippen molar-refractivity contribution in [3.63, 3.8) is 0 Å². The number of pyridine rings is 2. The molecular weight excluding hydrogens is 260 g/mol. The van der Waals surface area contributed by atoms with Gasteiger partial charge < -0.3 is 9.72 Å². The molecule has 4 rings (SSSR count). The van der Waals surface area contributed by atoms with Crippen LogP contribution in [-0.2, 0) is 6.54 Å². The van der Waals surface area contributed by atoms with E-state index in [9.17, 15) is 0 Å². The molecule has 1 N–H and O–H groups in total. The Morgan fingerprint density at radius 1 is 1.05 bits per heavy atom.